The van der Waals surface area contributed by atoms with E-state index in [1.807, 2.05) is 24.3 Å². The lowest BCUT2D eigenvalue weighted by atomic mass is 10.1. The van der Waals surface area contributed by atoms with Gasteiger partial charge in [0.2, 0.25) is 0 Å². The second kappa shape index (κ2) is 6.38. The van der Waals surface area contributed by atoms with Crippen LogP contribution in [-0.4, -0.2) is 24.7 Å². The molecule has 0 spiro atoms. The highest BCUT2D eigenvalue weighted by molar-refractivity contribution is 5.95. The first-order valence-corrected chi connectivity index (χ1v) is 6.67. The molecule has 0 saturated carbocycles. The van der Waals surface area contributed by atoms with Crippen molar-refractivity contribution in [3.05, 3.63) is 30.5 Å². The third-order valence-corrected chi connectivity index (χ3v) is 3.18. The van der Waals surface area contributed by atoms with Crippen LogP contribution in [0.3, 0.4) is 0 Å². The van der Waals surface area contributed by atoms with Gasteiger partial charge in [0, 0.05) is 29.6 Å². The zero-order valence-electron chi connectivity index (χ0n) is 11.5. The standard InChI is InChI=1S/C15H21N3O/c1-3-5-11(16)10-18-15-13-6-4-7-14(19-2)12(13)8-9-17-15/h4,6-9,11H,3,5,10,16H2,1-2H3,(H,17,18). The average Bonchev–Trinajstić information content (AvgIpc) is 2.44. The summed E-state index contributed by atoms with van der Waals surface area (Å²) in [6.07, 6.45) is 3.90. The Bertz CT molecular complexity index is 542. The number of benzene rings is 1. The zero-order valence-corrected chi connectivity index (χ0v) is 11.5. The molecule has 0 aliphatic rings. The van der Waals surface area contributed by atoms with E-state index < -0.39 is 0 Å². The van der Waals surface area contributed by atoms with Gasteiger partial charge in [0.15, 0.2) is 0 Å². The van der Waals surface area contributed by atoms with Crippen LogP contribution in [-0.2, 0) is 0 Å². The normalized spacial score (nSPS) is 12.4. The fourth-order valence-corrected chi connectivity index (χ4v) is 2.20. The van der Waals surface area contributed by atoms with Crippen molar-refractivity contribution < 1.29 is 4.74 Å². The number of fused-ring (bicyclic) bond motifs is 1. The molecule has 4 heteroatoms. The van der Waals surface area contributed by atoms with Gasteiger partial charge >= 0.3 is 0 Å². The van der Waals surface area contributed by atoms with E-state index in [-0.39, 0.29) is 6.04 Å². The minimum Gasteiger partial charge on any atom is -0.496 e. The number of pyridine rings is 1. The molecule has 3 N–H and O–H groups in total. The smallest absolute Gasteiger partial charge is 0.134 e. The van der Waals surface area contributed by atoms with Crippen LogP contribution in [0.25, 0.3) is 10.8 Å². The van der Waals surface area contributed by atoms with Crippen molar-refractivity contribution in [3.63, 3.8) is 0 Å². The molecule has 1 aromatic carbocycles. The second-order valence-corrected chi connectivity index (χ2v) is 4.64. The van der Waals surface area contributed by atoms with E-state index in [4.69, 9.17) is 10.5 Å². The number of hydrogen-bond acceptors (Lipinski definition) is 4. The number of ether oxygens (including phenoxy) is 1. The summed E-state index contributed by atoms with van der Waals surface area (Å²) in [6.45, 7) is 2.87. The molecular formula is C15H21N3O. The molecule has 0 amide bonds. The Balaban J connectivity index is 2.24. The van der Waals surface area contributed by atoms with Gasteiger partial charge in [-0.25, -0.2) is 4.98 Å². The van der Waals surface area contributed by atoms with Crippen LogP contribution in [0.5, 0.6) is 5.75 Å². The van der Waals surface area contributed by atoms with Crippen molar-refractivity contribution in [3.8, 4) is 5.75 Å². The van der Waals surface area contributed by atoms with E-state index in [1.54, 1.807) is 13.3 Å². The number of rotatable bonds is 6. The Kier molecular flexibility index (Phi) is 4.58. The van der Waals surface area contributed by atoms with Gasteiger partial charge in [0.05, 0.1) is 7.11 Å². The first-order chi connectivity index (χ1) is 9.26. The van der Waals surface area contributed by atoms with Crippen molar-refractivity contribution in [2.45, 2.75) is 25.8 Å². The number of aromatic nitrogens is 1. The number of nitrogens with two attached hydrogens (primary N) is 1. The summed E-state index contributed by atoms with van der Waals surface area (Å²) in [7, 11) is 1.68. The van der Waals surface area contributed by atoms with E-state index in [1.165, 1.54) is 0 Å². The molecule has 1 atom stereocenters. The van der Waals surface area contributed by atoms with Gasteiger partial charge in [-0.15, -0.1) is 0 Å². The Hall–Kier alpha value is -1.81. The molecule has 1 heterocycles. The molecule has 0 aliphatic carbocycles. The maximum absolute atomic E-state index is 6.02. The van der Waals surface area contributed by atoms with Crippen molar-refractivity contribution in [2.75, 3.05) is 19.0 Å². The summed E-state index contributed by atoms with van der Waals surface area (Å²) >= 11 is 0. The molecule has 4 nitrogen and oxygen atoms in total. The molecule has 0 saturated heterocycles. The summed E-state index contributed by atoms with van der Waals surface area (Å²) in [5.74, 6) is 1.73. The lowest BCUT2D eigenvalue weighted by Gasteiger charge is -2.14. The number of nitrogens with zero attached hydrogens (tertiary/aromatic N) is 1. The van der Waals surface area contributed by atoms with Gasteiger partial charge in [-0.3, -0.25) is 0 Å². The molecule has 0 aliphatic heterocycles. The van der Waals surface area contributed by atoms with Gasteiger partial charge < -0.3 is 15.8 Å². The lowest BCUT2D eigenvalue weighted by Crippen LogP contribution is -2.29. The van der Waals surface area contributed by atoms with Crippen molar-refractivity contribution in [2.24, 2.45) is 5.73 Å². The first kappa shape index (κ1) is 13.6. The number of methoxy groups -OCH3 is 1. The highest BCUT2D eigenvalue weighted by Crippen LogP contribution is 2.28. The third kappa shape index (κ3) is 3.15. The molecule has 2 rings (SSSR count). The van der Waals surface area contributed by atoms with Crippen LogP contribution < -0.4 is 15.8 Å². The van der Waals surface area contributed by atoms with Crippen molar-refractivity contribution in [1.29, 1.82) is 0 Å². The van der Waals surface area contributed by atoms with E-state index in [0.717, 1.165) is 41.7 Å². The molecule has 1 unspecified atom stereocenters. The highest BCUT2D eigenvalue weighted by atomic mass is 16.5. The molecule has 19 heavy (non-hydrogen) atoms. The molecule has 0 bridgehead atoms. The topological polar surface area (TPSA) is 60.2 Å². The predicted octanol–water partition coefficient (Wildman–Crippen LogP) is 2.78. The van der Waals surface area contributed by atoms with Gasteiger partial charge in [-0.1, -0.05) is 25.5 Å². The fourth-order valence-electron chi connectivity index (χ4n) is 2.20. The summed E-state index contributed by atoms with van der Waals surface area (Å²) in [6, 6.07) is 8.09. The van der Waals surface area contributed by atoms with Gasteiger partial charge in [-0.05, 0) is 18.6 Å². The van der Waals surface area contributed by atoms with Crippen LogP contribution in [0.1, 0.15) is 19.8 Å². The molecule has 0 fully saturated rings. The molecule has 0 radical (unpaired) electrons. The zero-order chi connectivity index (χ0) is 13.7. The van der Waals surface area contributed by atoms with E-state index in [9.17, 15) is 0 Å². The SMILES string of the molecule is CCCC(N)CNc1nccc2c(OC)cccc12. The van der Waals surface area contributed by atoms with Crippen LogP contribution in [0.15, 0.2) is 30.5 Å². The Morgan fingerprint density at radius 1 is 1.32 bits per heavy atom. The van der Waals surface area contributed by atoms with Crippen LogP contribution in [0, 0.1) is 0 Å². The highest BCUT2D eigenvalue weighted by Gasteiger charge is 2.07. The lowest BCUT2D eigenvalue weighted by molar-refractivity contribution is 0.420. The predicted molar refractivity (Wildman–Crippen MR) is 79.7 cm³/mol. The van der Waals surface area contributed by atoms with Crippen molar-refractivity contribution >= 4 is 16.6 Å². The Morgan fingerprint density at radius 3 is 2.89 bits per heavy atom. The Labute approximate surface area is 114 Å². The minimum absolute atomic E-state index is 0.160. The minimum atomic E-state index is 0.160. The second-order valence-electron chi connectivity index (χ2n) is 4.64. The molecule has 1 aromatic heterocycles. The van der Waals surface area contributed by atoms with Crippen LogP contribution >= 0.6 is 0 Å². The number of nitrogens with one attached hydrogen (secondary N) is 1. The Morgan fingerprint density at radius 2 is 2.16 bits per heavy atom. The summed E-state index contributed by atoms with van der Waals surface area (Å²) in [4.78, 5) is 4.39. The van der Waals surface area contributed by atoms with E-state index in [0.29, 0.717) is 0 Å². The van der Waals surface area contributed by atoms with Crippen LogP contribution in [0.2, 0.25) is 0 Å². The summed E-state index contributed by atoms with van der Waals surface area (Å²) in [5.41, 5.74) is 6.02. The van der Waals surface area contributed by atoms with Gasteiger partial charge in [0.1, 0.15) is 11.6 Å². The number of hydrogen-bond donors (Lipinski definition) is 2. The third-order valence-electron chi connectivity index (χ3n) is 3.18. The van der Waals surface area contributed by atoms with Gasteiger partial charge in [0.25, 0.3) is 0 Å². The fraction of sp³-hybridized carbons (Fsp3) is 0.400. The quantitative estimate of drug-likeness (QED) is 0.837. The number of anilines is 1. The molecule has 2 aromatic rings. The van der Waals surface area contributed by atoms with E-state index in [2.05, 4.69) is 17.2 Å². The van der Waals surface area contributed by atoms with E-state index >= 15 is 0 Å². The van der Waals surface area contributed by atoms with Crippen molar-refractivity contribution in [1.82, 2.24) is 4.98 Å². The maximum atomic E-state index is 6.02. The maximum Gasteiger partial charge on any atom is 0.134 e. The molecular weight excluding hydrogens is 238 g/mol. The average molecular weight is 259 g/mol. The summed E-state index contributed by atoms with van der Waals surface area (Å²) in [5, 5.41) is 5.45. The first-order valence-electron chi connectivity index (χ1n) is 6.67. The molecule has 102 valence electrons. The summed E-state index contributed by atoms with van der Waals surface area (Å²) < 4.78 is 5.37. The largest absolute Gasteiger partial charge is 0.496 e. The monoisotopic (exact) mass is 259 g/mol. The van der Waals surface area contributed by atoms with Gasteiger partial charge in [-0.2, -0.15) is 0 Å². The van der Waals surface area contributed by atoms with Crippen LogP contribution in [0.4, 0.5) is 5.82 Å².